The molecule has 6 heterocycles. The Morgan fingerprint density at radius 1 is 0.600 bits per heavy atom. The molecule has 0 amide bonds. The third-order valence-corrected chi connectivity index (χ3v) is 5.37. The minimum absolute atomic E-state index is 0. The molecule has 0 unspecified atom stereocenters. The maximum absolute atomic E-state index is 4.62. The fourth-order valence-electron chi connectivity index (χ4n) is 3.63. The predicted molar refractivity (Wildman–Crippen MR) is 140 cm³/mol. The summed E-state index contributed by atoms with van der Waals surface area (Å²) in [5.41, 5.74) is 9.02. The fraction of sp³-hybridized carbons (Fsp3) is 0.143. The molecule has 6 rings (SSSR count). The normalized spacial score (nSPS) is 12.0. The molecule has 0 spiro atoms. The van der Waals surface area contributed by atoms with Gasteiger partial charge in [0.15, 0.2) is 0 Å². The molecule has 170 valence electrons. The Hall–Kier alpha value is -3.70. The van der Waals surface area contributed by atoms with E-state index < -0.39 is 0 Å². The summed E-state index contributed by atoms with van der Waals surface area (Å²) in [4.78, 5) is 24.2. The number of aromatic nitrogens is 6. The van der Waals surface area contributed by atoms with Gasteiger partial charge in [0.1, 0.15) is 0 Å². The third kappa shape index (κ3) is 6.25. The molecule has 2 N–H and O–H groups in total. The van der Waals surface area contributed by atoms with Crippen LogP contribution in [0, 0.1) is 0 Å². The van der Waals surface area contributed by atoms with Crippen LogP contribution in [-0.4, -0.2) is 29.9 Å². The number of hydrogen-bond donors (Lipinski definition) is 2. The van der Waals surface area contributed by atoms with E-state index in [0.29, 0.717) is 0 Å². The molecule has 7 heteroatoms. The average Bonchev–Trinajstić information content (AvgIpc) is 3.60. The van der Waals surface area contributed by atoms with E-state index in [-0.39, 0.29) is 24.9 Å². The van der Waals surface area contributed by atoms with Gasteiger partial charge in [0.05, 0.1) is 28.5 Å². The zero-order valence-corrected chi connectivity index (χ0v) is 23.1. The topological polar surface area (TPSA) is 83.1 Å². The molecule has 8 bridgehead atoms. The Morgan fingerprint density at radius 2 is 1.06 bits per heavy atom. The zero-order valence-electron chi connectivity index (χ0n) is 20.2. The van der Waals surface area contributed by atoms with Crippen molar-refractivity contribution in [2.24, 2.45) is 0 Å². The Labute approximate surface area is 217 Å². The summed E-state index contributed by atoms with van der Waals surface area (Å²) in [6.07, 6.45) is 13.3. The summed E-state index contributed by atoms with van der Waals surface area (Å²) in [5, 5.41) is 0. The maximum atomic E-state index is 4.62. The average molecular weight is 512 g/mol. The van der Waals surface area contributed by atoms with Crippen molar-refractivity contribution in [3.63, 3.8) is 0 Å². The summed E-state index contributed by atoms with van der Waals surface area (Å²) < 4.78 is 0. The van der Waals surface area contributed by atoms with E-state index in [0.717, 1.165) is 50.5 Å². The van der Waals surface area contributed by atoms with Crippen LogP contribution in [-0.2, 0) is 24.9 Å². The molecule has 0 fully saturated rings. The van der Waals surface area contributed by atoms with Gasteiger partial charge in [-0.15, -0.1) is 0 Å². The van der Waals surface area contributed by atoms with Gasteiger partial charge in [-0.3, -0.25) is 9.97 Å². The molecule has 0 aromatic carbocycles. The molecule has 0 aliphatic carbocycles. The van der Waals surface area contributed by atoms with Crippen LogP contribution >= 0.6 is 0 Å². The Morgan fingerprint density at radius 3 is 1.46 bits per heavy atom. The van der Waals surface area contributed by atoms with Crippen molar-refractivity contribution >= 4 is 46.4 Å². The van der Waals surface area contributed by atoms with Crippen molar-refractivity contribution in [2.45, 2.75) is 26.2 Å². The Balaban J connectivity index is 0.000000224. The van der Waals surface area contributed by atoms with Crippen molar-refractivity contribution in [1.29, 1.82) is 0 Å². The molecular weight excluding hydrogens is 486 g/mol. The monoisotopic (exact) mass is 510 g/mol. The predicted octanol–water partition coefficient (Wildman–Crippen LogP) is 6.43. The van der Waals surface area contributed by atoms with Gasteiger partial charge in [0.25, 0.3) is 0 Å². The van der Waals surface area contributed by atoms with Crippen LogP contribution in [0.3, 0.4) is 0 Å². The van der Waals surface area contributed by atoms with Crippen molar-refractivity contribution < 1.29 is 19.5 Å². The number of H-pyrrole nitrogens is 2. The quantitative estimate of drug-likeness (QED) is 0.230. The fourth-order valence-corrected chi connectivity index (χ4v) is 3.63. The largest absolute Gasteiger partial charge is 0.355 e. The second kappa shape index (κ2) is 10.3. The van der Waals surface area contributed by atoms with Gasteiger partial charge in [-0.05, 0) is 72.8 Å². The van der Waals surface area contributed by atoms with Crippen molar-refractivity contribution in [2.75, 3.05) is 0 Å². The van der Waals surface area contributed by atoms with Gasteiger partial charge in [0.2, 0.25) is 0 Å². The van der Waals surface area contributed by atoms with Crippen LogP contribution < -0.4 is 0 Å². The van der Waals surface area contributed by atoms with Crippen molar-refractivity contribution in [1.82, 2.24) is 29.9 Å². The van der Waals surface area contributed by atoms with E-state index in [9.17, 15) is 0 Å². The minimum atomic E-state index is 0. The first-order valence-electron chi connectivity index (χ1n) is 11.2. The molecule has 0 radical (unpaired) electrons. The minimum Gasteiger partial charge on any atom is -0.355 e. The number of hydrogen-bond acceptors (Lipinski definition) is 4. The van der Waals surface area contributed by atoms with E-state index in [1.807, 2.05) is 42.5 Å². The summed E-state index contributed by atoms with van der Waals surface area (Å²) in [6, 6.07) is 16.4. The second-order valence-corrected chi connectivity index (χ2v) is 9.25. The molecule has 0 saturated heterocycles. The van der Waals surface area contributed by atoms with Crippen LogP contribution in [0.5, 0.6) is 0 Å². The number of rotatable bonds is 0. The van der Waals surface area contributed by atoms with Crippen molar-refractivity contribution in [3.8, 4) is 0 Å². The SMILES string of the molecule is C1=Cc2cc3ccc(cc4ccc(cc5nc(cc1n2)C=C5)[nH]4)[nH]3.CC(C)(C)c1cnccn1.[Zn]. The van der Waals surface area contributed by atoms with E-state index in [1.165, 1.54) is 0 Å². The summed E-state index contributed by atoms with van der Waals surface area (Å²) in [7, 11) is 0. The first kappa shape index (κ1) is 24.4. The number of nitrogens with zero attached hydrogens (tertiary/aromatic N) is 4. The number of nitrogens with one attached hydrogen (secondary N) is 2. The van der Waals surface area contributed by atoms with Gasteiger partial charge in [-0.1, -0.05) is 20.8 Å². The van der Waals surface area contributed by atoms with E-state index in [2.05, 4.69) is 81.0 Å². The van der Waals surface area contributed by atoms with Crippen LogP contribution in [0.15, 0.2) is 67.1 Å². The molecule has 2 aliphatic rings. The van der Waals surface area contributed by atoms with Gasteiger partial charge in [0, 0.05) is 65.6 Å². The van der Waals surface area contributed by atoms with Crippen molar-refractivity contribution in [3.05, 3.63) is 95.6 Å². The van der Waals surface area contributed by atoms with E-state index >= 15 is 0 Å². The molecule has 35 heavy (non-hydrogen) atoms. The Kier molecular flexibility index (Phi) is 7.18. The molecule has 0 atom stereocenters. The molecule has 6 nitrogen and oxygen atoms in total. The standard InChI is InChI=1S/C20H14N4.C8H12N2.Zn/c1-2-14-10-16-5-6-18(23-16)12-20-8-7-19(24-20)11-17-4-3-15(22-17)9-13(1)21-14;1-8(2,3)7-6-9-4-5-10-7;/h1-12,21-22H;4-6H,1-3H3;. The molecule has 0 saturated carbocycles. The van der Waals surface area contributed by atoms with Gasteiger partial charge in [-0.25, -0.2) is 9.97 Å². The van der Waals surface area contributed by atoms with Gasteiger partial charge < -0.3 is 9.97 Å². The van der Waals surface area contributed by atoms with E-state index in [4.69, 9.17) is 0 Å². The van der Waals surface area contributed by atoms with Gasteiger partial charge in [-0.2, -0.15) is 0 Å². The van der Waals surface area contributed by atoms with Crippen LogP contribution in [0.1, 0.15) is 49.2 Å². The summed E-state index contributed by atoms with van der Waals surface area (Å²) >= 11 is 0. The van der Waals surface area contributed by atoms with E-state index in [1.54, 1.807) is 18.6 Å². The number of fused-ring (bicyclic) bond motifs is 8. The van der Waals surface area contributed by atoms with Crippen LogP contribution in [0.4, 0.5) is 0 Å². The smallest absolute Gasteiger partial charge is 0.0659 e. The molecule has 4 aromatic rings. The third-order valence-electron chi connectivity index (χ3n) is 5.37. The first-order chi connectivity index (χ1) is 16.4. The second-order valence-electron chi connectivity index (χ2n) is 9.25. The maximum Gasteiger partial charge on any atom is 0.0659 e. The van der Waals surface area contributed by atoms with Crippen LogP contribution in [0.25, 0.3) is 46.4 Å². The summed E-state index contributed by atoms with van der Waals surface area (Å²) in [5.74, 6) is 0. The molecule has 2 aliphatic heterocycles. The van der Waals surface area contributed by atoms with Crippen LogP contribution in [0.2, 0.25) is 0 Å². The Bertz CT molecular complexity index is 1450. The van der Waals surface area contributed by atoms with Gasteiger partial charge >= 0.3 is 0 Å². The summed E-state index contributed by atoms with van der Waals surface area (Å²) in [6.45, 7) is 6.37. The number of aromatic amines is 2. The molecule has 4 aromatic heterocycles. The zero-order chi connectivity index (χ0) is 23.5. The first-order valence-corrected chi connectivity index (χ1v) is 11.2. The molecular formula is C28H26N6Zn.